The zero-order valence-corrected chi connectivity index (χ0v) is 23.9. The van der Waals surface area contributed by atoms with Gasteiger partial charge in [0.1, 0.15) is 35.4 Å². The highest BCUT2D eigenvalue weighted by molar-refractivity contribution is 5.51. The molecule has 1 N–H and O–H groups in total. The minimum Gasteiger partial charge on any atom is -0.508 e. The molecule has 0 bridgehead atoms. The molecule has 0 unspecified atom stereocenters. The molecule has 0 heterocycles. The maximum Gasteiger partial charge on any atom is 0.134 e. The van der Waals surface area contributed by atoms with E-state index in [9.17, 15) is 5.11 Å². The van der Waals surface area contributed by atoms with Crippen LogP contribution in [0.15, 0.2) is 121 Å². The van der Waals surface area contributed by atoms with Crippen molar-refractivity contribution < 1.29 is 24.1 Å². The monoisotopic (exact) mass is 560 g/mol. The molecule has 0 aliphatic heterocycles. The number of aryl methyl sites for hydroxylation is 1. The zero-order valence-electron chi connectivity index (χ0n) is 23.9. The molecular formula is C37H36O5. The number of aromatic hydroxyl groups is 1. The van der Waals surface area contributed by atoms with E-state index >= 15 is 0 Å². The van der Waals surface area contributed by atoms with Gasteiger partial charge >= 0.3 is 0 Å². The van der Waals surface area contributed by atoms with Gasteiger partial charge < -0.3 is 24.1 Å². The summed E-state index contributed by atoms with van der Waals surface area (Å²) in [6.45, 7) is 4.17. The summed E-state index contributed by atoms with van der Waals surface area (Å²) in [6.07, 6.45) is 1.27. The topological polar surface area (TPSA) is 57.2 Å². The maximum absolute atomic E-state index is 11.0. The second-order valence-electron chi connectivity index (χ2n) is 10.1. The lowest BCUT2D eigenvalue weighted by Gasteiger charge is -2.16. The largest absolute Gasteiger partial charge is 0.508 e. The van der Waals surface area contributed by atoms with Crippen molar-refractivity contribution in [2.24, 2.45) is 0 Å². The van der Waals surface area contributed by atoms with Gasteiger partial charge in [0.2, 0.25) is 0 Å². The Morgan fingerprint density at radius 1 is 0.595 bits per heavy atom. The van der Waals surface area contributed by atoms with Crippen LogP contribution in [0.25, 0.3) is 0 Å². The fourth-order valence-corrected chi connectivity index (χ4v) is 4.61. The van der Waals surface area contributed by atoms with Gasteiger partial charge in [-0.2, -0.15) is 0 Å². The third-order valence-electron chi connectivity index (χ3n) is 6.86. The molecule has 0 saturated carbocycles. The van der Waals surface area contributed by atoms with E-state index in [1.54, 1.807) is 6.07 Å². The maximum atomic E-state index is 11.0. The summed E-state index contributed by atoms with van der Waals surface area (Å²) in [5.41, 5.74) is 4.94. The molecule has 0 aromatic heterocycles. The van der Waals surface area contributed by atoms with Gasteiger partial charge in [0, 0.05) is 30.5 Å². The fraction of sp³-hybridized carbons (Fsp3) is 0.189. The van der Waals surface area contributed by atoms with Gasteiger partial charge in [-0.05, 0) is 53.4 Å². The van der Waals surface area contributed by atoms with Crippen LogP contribution < -0.4 is 14.2 Å². The van der Waals surface area contributed by atoms with Crippen molar-refractivity contribution >= 4 is 0 Å². The quantitative estimate of drug-likeness (QED) is 0.138. The summed E-state index contributed by atoms with van der Waals surface area (Å²) in [4.78, 5) is 0. The zero-order chi connectivity index (χ0) is 29.0. The van der Waals surface area contributed by atoms with Crippen LogP contribution in [-0.2, 0) is 24.4 Å². The van der Waals surface area contributed by atoms with Crippen LogP contribution >= 0.6 is 0 Å². The van der Waals surface area contributed by atoms with E-state index in [0.717, 1.165) is 45.7 Å². The van der Waals surface area contributed by atoms with E-state index in [2.05, 4.69) is 12.1 Å². The van der Waals surface area contributed by atoms with Crippen molar-refractivity contribution in [3.63, 3.8) is 0 Å². The summed E-state index contributed by atoms with van der Waals surface area (Å²) in [5.74, 6) is 2.96. The van der Waals surface area contributed by atoms with E-state index in [0.29, 0.717) is 44.3 Å². The van der Waals surface area contributed by atoms with E-state index in [-0.39, 0.29) is 5.75 Å². The predicted molar refractivity (Wildman–Crippen MR) is 166 cm³/mol. The molecule has 0 atom stereocenters. The average molecular weight is 561 g/mol. The molecule has 42 heavy (non-hydrogen) atoms. The van der Waals surface area contributed by atoms with Crippen LogP contribution in [0.4, 0.5) is 0 Å². The second kappa shape index (κ2) is 14.8. The molecule has 0 amide bonds. The fourth-order valence-electron chi connectivity index (χ4n) is 4.61. The molecule has 5 rings (SSSR count). The average Bonchev–Trinajstić information content (AvgIpc) is 3.02. The molecule has 5 nitrogen and oxygen atoms in total. The summed E-state index contributed by atoms with van der Waals surface area (Å²) >= 11 is 0. The van der Waals surface area contributed by atoms with Crippen LogP contribution in [0.1, 0.15) is 34.2 Å². The Bertz CT molecular complexity index is 1510. The lowest BCUT2D eigenvalue weighted by molar-refractivity contribution is 0.107. The normalized spacial score (nSPS) is 10.8. The number of hydrogen-bond acceptors (Lipinski definition) is 5. The van der Waals surface area contributed by atoms with Crippen molar-refractivity contribution in [3.05, 3.63) is 149 Å². The number of rotatable bonds is 14. The minimum atomic E-state index is 0.194. The lowest BCUT2D eigenvalue weighted by Crippen LogP contribution is -2.04. The van der Waals surface area contributed by atoms with E-state index in [4.69, 9.17) is 18.9 Å². The first-order valence-corrected chi connectivity index (χ1v) is 14.2. The molecule has 0 aliphatic carbocycles. The van der Waals surface area contributed by atoms with E-state index < -0.39 is 0 Å². The van der Waals surface area contributed by atoms with Crippen LogP contribution in [0.2, 0.25) is 0 Å². The highest BCUT2D eigenvalue weighted by atomic mass is 16.5. The number of phenols is 1. The molecule has 5 aromatic carbocycles. The van der Waals surface area contributed by atoms with Gasteiger partial charge in [-0.1, -0.05) is 84.9 Å². The smallest absolute Gasteiger partial charge is 0.134 e. The molecule has 0 saturated heterocycles. The van der Waals surface area contributed by atoms with Gasteiger partial charge in [0.05, 0.1) is 19.8 Å². The van der Waals surface area contributed by atoms with Crippen LogP contribution in [0.5, 0.6) is 28.7 Å². The first-order valence-electron chi connectivity index (χ1n) is 14.2. The summed E-state index contributed by atoms with van der Waals surface area (Å²) in [5, 5.41) is 11.0. The molecule has 214 valence electrons. The highest BCUT2D eigenvalue weighted by Crippen LogP contribution is 2.35. The Morgan fingerprint density at radius 3 is 1.95 bits per heavy atom. The molecule has 5 heteroatoms. The van der Waals surface area contributed by atoms with Crippen molar-refractivity contribution in [1.82, 2.24) is 0 Å². The third kappa shape index (κ3) is 8.38. The molecule has 0 spiro atoms. The highest BCUT2D eigenvalue weighted by Gasteiger charge is 2.14. The summed E-state index contributed by atoms with van der Waals surface area (Å²) in [6, 6.07) is 39.3. The number of para-hydroxylation sites is 1. The molecule has 0 aliphatic rings. The predicted octanol–water partition coefficient (Wildman–Crippen LogP) is 8.65. The Hall–Kier alpha value is -4.74. The molecule has 5 aromatic rings. The van der Waals surface area contributed by atoms with Crippen LogP contribution in [0.3, 0.4) is 0 Å². The Morgan fingerprint density at radius 2 is 1.26 bits per heavy atom. The van der Waals surface area contributed by atoms with Crippen LogP contribution in [-0.4, -0.2) is 18.3 Å². The van der Waals surface area contributed by atoms with E-state index in [1.807, 2.05) is 110 Å². The SMILES string of the molecule is Cc1cc(OCc2ccccc2)cc(O)c1Cc1ccc(OCCCOCc2ccccc2)cc1Oc1ccccc1. The summed E-state index contributed by atoms with van der Waals surface area (Å²) in [7, 11) is 0. The first kappa shape index (κ1) is 28.8. The van der Waals surface area contributed by atoms with Gasteiger partial charge in [0.15, 0.2) is 0 Å². The minimum absolute atomic E-state index is 0.194. The van der Waals surface area contributed by atoms with Crippen molar-refractivity contribution in [2.45, 2.75) is 33.0 Å². The second-order valence-corrected chi connectivity index (χ2v) is 10.1. The van der Waals surface area contributed by atoms with Gasteiger partial charge in [-0.15, -0.1) is 0 Å². The van der Waals surface area contributed by atoms with Gasteiger partial charge in [-0.3, -0.25) is 0 Å². The lowest BCUT2D eigenvalue weighted by atomic mass is 9.98. The molecule has 0 radical (unpaired) electrons. The molecular weight excluding hydrogens is 524 g/mol. The van der Waals surface area contributed by atoms with Crippen molar-refractivity contribution in [2.75, 3.05) is 13.2 Å². The summed E-state index contributed by atoms with van der Waals surface area (Å²) < 4.78 is 24.1. The number of hydrogen-bond donors (Lipinski definition) is 1. The Kier molecular flexibility index (Phi) is 10.1. The van der Waals surface area contributed by atoms with E-state index in [1.165, 1.54) is 0 Å². The molecule has 0 fully saturated rings. The van der Waals surface area contributed by atoms with Crippen molar-refractivity contribution in [3.8, 4) is 28.7 Å². The Labute approximate surface area is 247 Å². The van der Waals surface area contributed by atoms with Gasteiger partial charge in [0.25, 0.3) is 0 Å². The van der Waals surface area contributed by atoms with Gasteiger partial charge in [-0.25, -0.2) is 0 Å². The number of benzene rings is 5. The number of ether oxygens (including phenoxy) is 4. The van der Waals surface area contributed by atoms with Crippen molar-refractivity contribution in [1.29, 1.82) is 0 Å². The third-order valence-corrected chi connectivity index (χ3v) is 6.86. The standard InChI is InChI=1S/C37H36O5/c1-28-22-34(41-27-30-14-7-3-8-15-30)24-36(38)35(28)23-31-18-19-33(25-37(31)42-32-16-9-4-10-17-32)40-21-11-20-39-26-29-12-5-2-6-13-29/h2-10,12-19,22,24-25,38H,11,20-21,23,26-27H2,1H3. The van der Waals surface area contributed by atoms with Crippen LogP contribution in [0, 0.1) is 6.92 Å². The number of phenolic OH excluding ortho intramolecular Hbond substituents is 1. The Balaban J connectivity index is 1.24. The first-order chi connectivity index (χ1) is 20.6.